The van der Waals surface area contributed by atoms with Crippen molar-refractivity contribution in [2.24, 2.45) is 0 Å². The number of carbonyl (C=O) groups excluding carboxylic acids is 3. The van der Waals surface area contributed by atoms with Gasteiger partial charge in [0.2, 0.25) is 11.8 Å². The minimum absolute atomic E-state index is 0.0464. The zero-order valence-corrected chi connectivity index (χ0v) is 23.0. The van der Waals surface area contributed by atoms with E-state index in [9.17, 15) is 14.4 Å². The fraction of sp³-hybridized carbons (Fsp3) is 0.375. The van der Waals surface area contributed by atoms with Crippen LogP contribution in [0.1, 0.15) is 65.6 Å². The van der Waals surface area contributed by atoms with E-state index in [-0.39, 0.29) is 29.7 Å². The third-order valence-electron chi connectivity index (χ3n) is 8.14. The molecule has 1 saturated heterocycles. The monoisotopic (exact) mass is 541 g/mol. The van der Waals surface area contributed by atoms with Crippen molar-refractivity contribution in [3.8, 4) is 5.88 Å². The van der Waals surface area contributed by atoms with Gasteiger partial charge in [-0.05, 0) is 61.4 Å². The van der Waals surface area contributed by atoms with Crippen LogP contribution in [0.2, 0.25) is 0 Å². The number of fused-ring (bicyclic) bond motifs is 1. The summed E-state index contributed by atoms with van der Waals surface area (Å²) in [4.78, 5) is 46.2. The van der Waals surface area contributed by atoms with Crippen LogP contribution in [0.15, 0.2) is 72.9 Å². The summed E-state index contributed by atoms with van der Waals surface area (Å²) in [6.45, 7) is 3.38. The number of hydrogen-bond donors (Lipinski definition) is 1. The Morgan fingerprint density at radius 1 is 0.975 bits per heavy atom. The van der Waals surface area contributed by atoms with E-state index in [0.29, 0.717) is 56.8 Å². The number of methoxy groups -OCH3 is 1. The largest absolute Gasteiger partial charge is 0.477 e. The number of nitrogens with zero attached hydrogens (tertiary/aromatic N) is 2. The summed E-state index contributed by atoms with van der Waals surface area (Å²) in [5.41, 5.74) is 2.05. The molecule has 8 heteroatoms. The molecule has 208 valence electrons. The standard InChI is InChI=1S/C32H35N3O5/c1-3-40-29-26(13-9-19-33-29)28(36)34-23-16-20-35(21-17-23)30(37)25-15-18-32(31(38)39-2,22-10-5-4-6-11-22)27-14-8-7-12-24(25)27/h4-14,19,23,25H,3,15-18,20-21H2,1-2H3,(H,34,36)/t25-,32+/m1/s1. The molecule has 0 bridgehead atoms. The minimum atomic E-state index is -0.951. The first-order chi connectivity index (χ1) is 19.5. The highest BCUT2D eigenvalue weighted by Gasteiger charge is 2.49. The molecule has 0 spiro atoms. The first-order valence-corrected chi connectivity index (χ1v) is 13.9. The molecule has 0 unspecified atom stereocenters. The maximum absolute atomic E-state index is 13.9. The van der Waals surface area contributed by atoms with Crippen molar-refractivity contribution >= 4 is 17.8 Å². The molecule has 40 heavy (non-hydrogen) atoms. The highest BCUT2D eigenvalue weighted by molar-refractivity contribution is 5.96. The van der Waals surface area contributed by atoms with Gasteiger partial charge in [0.05, 0.1) is 19.6 Å². The molecule has 1 aliphatic carbocycles. The van der Waals surface area contributed by atoms with Crippen LogP contribution in [0.3, 0.4) is 0 Å². The maximum Gasteiger partial charge on any atom is 0.320 e. The van der Waals surface area contributed by atoms with Crippen LogP contribution in [-0.2, 0) is 19.7 Å². The molecule has 5 rings (SSSR count). The number of carbonyl (C=O) groups is 3. The normalized spacial score (nSPS) is 20.8. The Morgan fingerprint density at radius 3 is 2.42 bits per heavy atom. The lowest BCUT2D eigenvalue weighted by Gasteiger charge is -2.42. The van der Waals surface area contributed by atoms with Crippen molar-refractivity contribution in [3.05, 3.63) is 95.2 Å². The van der Waals surface area contributed by atoms with Gasteiger partial charge in [-0.2, -0.15) is 0 Å². The summed E-state index contributed by atoms with van der Waals surface area (Å²) in [6.07, 6.45) is 3.94. The number of nitrogens with one attached hydrogen (secondary N) is 1. The van der Waals surface area contributed by atoms with Gasteiger partial charge >= 0.3 is 5.97 Å². The predicted molar refractivity (Wildman–Crippen MR) is 150 cm³/mol. The topological polar surface area (TPSA) is 97.8 Å². The number of aromatic nitrogens is 1. The molecule has 2 heterocycles. The summed E-state index contributed by atoms with van der Waals surface area (Å²) < 4.78 is 10.8. The SMILES string of the molecule is CCOc1ncccc1C(=O)NC1CCN(C(=O)[C@@H]2CC[C@](C(=O)OC)(c3ccccc3)c3ccccc32)CC1. The van der Waals surface area contributed by atoms with Crippen molar-refractivity contribution < 1.29 is 23.9 Å². The smallest absolute Gasteiger partial charge is 0.320 e. The van der Waals surface area contributed by atoms with Crippen LogP contribution >= 0.6 is 0 Å². The summed E-state index contributed by atoms with van der Waals surface area (Å²) in [6, 6.07) is 20.8. The molecule has 0 saturated carbocycles. The van der Waals surface area contributed by atoms with Gasteiger partial charge in [-0.15, -0.1) is 0 Å². The number of rotatable bonds is 7. The molecule has 8 nitrogen and oxygen atoms in total. The molecule has 2 aliphatic rings. The lowest BCUT2D eigenvalue weighted by molar-refractivity contribution is -0.147. The average Bonchev–Trinajstić information content (AvgIpc) is 3.01. The van der Waals surface area contributed by atoms with Crippen LogP contribution in [-0.4, -0.2) is 60.5 Å². The van der Waals surface area contributed by atoms with Gasteiger partial charge in [-0.1, -0.05) is 54.6 Å². The van der Waals surface area contributed by atoms with E-state index in [4.69, 9.17) is 9.47 Å². The van der Waals surface area contributed by atoms with Gasteiger partial charge in [-0.3, -0.25) is 14.4 Å². The molecular formula is C32H35N3O5. The number of likely N-dealkylation sites (tertiary alicyclic amines) is 1. The second-order valence-electron chi connectivity index (χ2n) is 10.3. The van der Waals surface area contributed by atoms with E-state index in [1.165, 1.54) is 7.11 Å². The van der Waals surface area contributed by atoms with E-state index in [0.717, 1.165) is 16.7 Å². The Labute approximate surface area is 234 Å². The van der Waals surface area contributed by atoms with E-state index in [2.05, 4.69) is 10.3 Å². The van der Waals surface area contributed by atoms with Crippen molar-refractivity contribution in [1.29, 1.82) is 0 Å². The number of hydrogen-bond acceptors (Lipinski definition) is 6. The van der Waals surface area contributed by atoms with Gasteiger partial charge in [0.1, 0.15) is 11.0 Å². The second-order valence-corrected chi connectivity index (χ2v) is 10.3. The Hall–Kier alpha value is -4.20. The van der Waals surface area contributed by atoms with E-state index in [1.54, 1.807) is 18.3 Å². The van der Waals surface area contributed by atoms with Crippen molar-refractivity contribution in [3.63, 3.8) is 0 Å². The highest BCUT2D eigenvalue weighted by atomic mass is 16.5. The second kappa shape index (κ2) is 11.9. The maximum atomic E-state index is 13.9. The third-order valence-corrected chi connectivity index (χ3v) is 8.14. The van der Waals surface area contributed by atoms with Gasteiger partial charge in [0, 0.05) is 25.3 Å². The zero-order chi connectivity index (χ0) is 28.1. The molecule has 2 atom stereocenters. The molecule has 1 N–H and O–H groups in total. The molecule has 1 fully saturated rings. The number of ether oxygens (including phenoxy) is 2. The van der Waals surface area contributed by atoms with Gasteiger partial charge in [0.15, 0.2) is 0 Å². The molecule has 2 amide bonds. The summed E-state index contributed by atoms with van der Waals surface area (Å²) in [5, 5.41) is 3.09. The molecule has 2 aromatic carbocycles. The number of esters is 1. The zero-order valence-electron chi connectivity index (χ0n) is 23.0. The van der Waals surface area contributed by atoms with E-state index < -0.39 is 5.41 Å². The Balaban J connectivity index is 1.30. The number of amides is 2. The molecule has 1 aromatic heterocycles. The summed E-state index contributed by atoms with van der Waals surface area (Å²) in [5.74, 6) is -0.482. The summed E-state index contributed by atoms with van der Waals surface area (Å²) >= 11 is 0. The third kappa shape index (κ3) is 5.06. The van der Waals surface area contributed by atoms with Crippen LogP contribution in [0, 0.1) is 0 Å². The van der Waals surface area contributed by atoms with Crippen molar-refractivity contribution in [2.45, 2.75) is 50.0 Å². The first kappa shape index (κ1) is 27.4. The molecular weight excluding hydrogens is 506 g/mol. The van der Waals surface area contributed by atoms with Crippen molar-refractivity contribution in [2.75, 3.05) is 26.8 Å². The number of pyridine rings is 1. The number of piperidine rings is 1. The van der Waals surface area contributed by atoms with Gasteiger partial charge < -0.3 is 19.7 Å². The molecule has 1 aliphatic heterocycles. The van der Waals surface area contributed by atoms with Crippen LogP contribution in [0.5, 0.6) is 5.88 Å². The first-order valence-electron chi connectivity index (χ1n) is 13.9. The minimum Gasteiger partial charge on any atom is -0.477 e. The fourth-order valence-corrected chi connectivity index (χ4v) is 6.17. The lowest BCUT2D eigenvalue weighted by atomic mass is 9.63. The van der Waals surface area contributed by atoms with Crippen LogP contribution < -0.4 is 10.1 Å². The highest BCUT2D eigenvalue weighted by Crippen LogP contribution is 2.48. The predicted octanol–water partition coefficient (Wildman–Crippen LogP) is 4.24. The lowest BCUT2D eigenvalue weighted by Crippen LogP contribution is -2.49. The Morgan fingerprint density at radius 2 is 1.70 bits per heavy atom. The van der Waals surface area contributed by atoms with Gasteiger partial charge in [-0.25, -0.2) is 4.98 Å². The van der Waals surface area contributed by atoms with Crippen LogP contribution in [0.4, 0.5) is 0 Å². The quantitative estimate of drug-likeness (QED) is 0.450. The van der Waals surface area contributed by atoms with Crippen LogP contribution in [0.25, 0.3) is 0 Å². The molecule has 3 aromatic rings. The number of benzene rings is 2. The Kier molecular flexibility index (Phi) is 8.14. The summed E-state index contributed by atoms with van der Waals surface area (Å²) in [7, 11) is 1.42. The molecule has 0 radical (unpaired) electrons. The van der Waals surface area contributed by atoms with E-state index in [1.807, 2.05) is 66.4 Å². The van der Waals surface area contributed by atoms with E-state index >= 15 is 0 Å². The van der Waals surface area contributed by atoms with Crippen molar-refractivity contribution in [1.82, 2.24) is 15.2 Å². The fourth-order valence-electron chi connectivity index (χ4n) is 6.17. The Bertz CT molecular complexity index is 1370. The van der Waals surface area contributed by atoms with Gasteiger partial charge in [0.25, 0.3) is 5.91 Å². The average molecular weight is 542 g/mol.